The molecule has 0 amide bonds. The van der Waals surface area contributed by atoms with Gasteiger partial charge >= 0.3 is 5.97 Å². The molecule has 4 rings (SSSR count). The molecule has 0 unspecified atom stereocenters. The Bertz CT molecular complexity index is 622. The molecule has 0 saturated heterocycles. The molecular formula is C24H40O5. The van der Waals surface area contributed by atoms with E-state index in [1.54, 1.807) is 0 Å². The summed E-state index contributed by atoms with van der Waals surface area (Å²) in [6.45, 7) is 4.85. The Hall–Kier alpha value is -0.650. The maximum atomic E-state index is 11.3. The lowest BCUT2D eigenvalue weighted by Crippen LogP contribution is -2.58. The first-order chi connectivity index (χ1) is 13.7. The van der Waals surface area contributed by atoms with E-state index in [2.05, 4.69) is 13.8 Å². The first kappa shape index (κ1) is 21.6. The highest BCUT2D eigenvalue weighted by Crippen LogP contribution is 2.68. The molecule has 4 saturated carbocycles. The van der Waals surface area contributed by atoms with Crippen molar-refractivity contribution in [1.29, 1.82) is 0 Å². The van der Waals surface area contributed by atoms with Crippen LogP contribution in [0.3, 0.4) is 0 Å². The second-order valence-corrected chi connectivity index (χ2v) is 11.3. The van der Waals surface area contributed by atoms with Crippen LogP contribution in [-0.4, -0.2) is 45.2 Å². The lowest BCUT2D eigenvalue weighted by Gasteiger charge is -2.62. The molecular weight excluding hydrogens is 368 g/mol. The molecule has 10 atom stereocenters. The highest BCUT2D eigenvalue weighted by atomic mass is 16.4. The van der Waals surface area contributed by atoms with Crippen LogP contribution < -0.4 is 0 Å². The number of carbonyl (C=O) groups is 1. The predicted octanol–water partition coefficient (Wildman–Crippen LogP) is 3.45. The molecule has 0 heterocycles. The number of carboxylic acids is 1. The molecule has 4 N–H and O–H groups in total. The van der Waals surface area contributed by atoms with Crippen LogP contribution in [0.1, 0.15) is 78.1 Å². The molecule has 4 aliphatic carbocycles. The van der Waals surface area contributed by atoms with Gasteiger partial charge in [-0.05, 0) is 104 Å². The minimum Gasteiger partial charge on any atom is -0.481 e. The zero-order valence-electron chi connectivity index (χ0n) is 18.1. The van der Waals surface area contributed by atoms with Gasteiger partial charge in [-0.3, -0.25) is 4.79 Å². The summed E-state index contributed by atoms with van der Waals surface area (Å²) in [5, 5.41) is 40.6. The second kappa shape index (κ2) is 7.80. The molecule has 29 heavy (non-hydrogen) atoms. The summed E-state index contributed by atoms with van der Waals surface area (Å²) >= 11 is 0. The molecule has 0 aromatic heterocycles. The highest BCUT2D eigenvalue weighted by Gasteiger charge is 2.63. The Kier molecular flexibility index (Phi) is 5.80. The van der Waals surface area contributed by atoms with Gasteiger partial charge in [-0.1, -0.05) is 13.8 Å². The Morgan fingerprint density at radius 3 is 2.38 bits per heavy atom. The molecule has 0 aliphatic heterocycles. The SMILES string of the molecule is C[C@]12CC[C@@H](O)C[C@H]1C[C@H](O)[C@@H]1[C@@H]2CC[C@]2(C)[C@@H]([C@H](CO)CCC(=O)O)CC[C@@H]12. The number of aliphatic hydroxyl groups excluding tert-OH is 3. The number of hydrogen-bond acceptors (Lipinski definition) is 4. The molecule has 5 nitrogen and oxygen atoms in total. The van der Waals surface area contributed by atoms with E-state index in [4.69, 9.17) is 5.11 Å². The molecule has 166 valence electrons. The van der Waals surface area contributed by atoms with Crippen molar-refractivity contribution in [3.8, 4) is 0 Å². The van der Waals surface area contributed by atoms with Crippen LogP contribution in [0.4, 0.5) is 0 Å². The predicted molar refractivity (Wildman–Crippen MR) is 110 cm³/mol. The number of hydrogen-bond donors (Lipinski definition) is 4. The number of aliphatic carboxylic acids is 1. The lowest BCUT2D eigenvalue weighted by atomic mass is 9.43. The van der Waals surface area contributed by atoms with Crippen molar-refractivity contribution in [2.45, 2.75) is 90.3 Å². The molecule has 0 aromatic carbocycles. The van der Waals surface area contributed by atoms with Crippen molar-refractivity contribution in [1.82, 2.24) is 0 Å². The van der Waals surface area contributed by atoms with Crippen LogP contribution in [-0.2, 0) is 4.79 Å². The zero-order valence-corrected chi connectivity index (χ0v) is 18.1. The molecule has 4 fully saturated rings. The monoisotopic (exact) mass is 408 g/mol. The molecule has 0 bridgehead atoms. The largest absolute Gasteiger partial charge is 0.481 e. The van der Waals surface area contributed by atoms with Gasteiger partial charge in [0, 0.05) is 13.0 Å². The minimum atomic E-state index is -0.784. The quantitative estimate of drug-likeness (QED) is 0.559. The fourth-order valence-electron chi connectivity index (χ4n) is 8.74. The molecule has 0 aromatic rings. The topological polar surface area (TPSA) is 98.0 Å². The Morgan fingerprint density at radius 1 is 1.00 bits per heavy atom. The van der Waals surface area contributed by atoms with Gasteiger partial charge < -0.3 is 20.4 Å². The first-order valence-corrected chi connectivity index (χ1v) is 11.9. The highest BCUT2D eigenvalue weighted by molar-refractivity contribution is 5.66. The summed E-state index contributed by atoms with van der Waals surface area (Å²) in [5.41, 5.74) is 0.313. The van der Waals surface area contributed by atoms with Gasteiger partial charge in [-0.2, -0.15) is 0 Å². The van der Waals surface area contributed by atoms with E-state index in [-0.39, 0.29) is 42.0 Å². The molecule has 0 spiro atoms. The van der Waals surface area contributed by atoms with E-state index in [0.29, 0.717) is 36.0 Å². The van der Waals surface area contributed by atoms with Crippen LogP contribution in [0.5, 0.6) is 0 Å². The van der Waals surface area contributed by atoms with Crippen LogP contribution in [0.25, 0.3) is 0 Å². The number of carboxylic acid groups (broad SMARTS) is 1. The third-order valence-electron chi connectivity index (χ3n) is 10.3. The third kappa shape index (κ3) is 3.45. The van der Waals surface area contributed by atoms with Crippen LogP contribution >= 0.6 is 0 Å². The van der Waals surface area contributed by atoms with Gasteiger partial charge in [0.15, 0.2) is 0 Å². The van der Waals surface area contributed by atoms with Gasteiger partial charge in [0.2, 0.25) is 0 Å². The van der Waals surface area contributed by atoms with Gasteiger partial charge in [0.25, 0.3) is 0 Å². The molecule has 0 radical (unpaired) electrons. The lowest BCUT2D eigenvalue weighted by molar-refractivity contribution is -0.175. The van der Waals surface area contributed by atoms with E-state index >= 15 is 0 Å². The fourth-order valence-corrected chi connectivity index (χ4v) is 8.74. The van der Waals surface area contributed by atoms with Gasteiger partial charge in [-0.25, -0.2) is 0 Å². The summed E-state index contributed by atoms with van der Waals surface area (Å²) in [4.78, 5) is 11.1. The van der Waals surface area contributed by atoms with Crippen molar-refractivity contribution in [3.63, 3.8) is 0 Å². The maximum absolute atomic E-state index is 11.3. The van der Waals surface area contributed by atoms with Gasteiger partial charge in [-0.15, -0.1) is 0 Å². The van der Waals surface area contributed by atoms with Crippen molar-refractivity contribution in [2.75, 3.05) is 6.61 Å². The fraction of sp³-hybridized carbons (Fsp3) is 0.958. The molecule has 5 heteroatoms. The number of rotatable bonds is 5. The van der Waals surface area contributed by atoms with Crippen molar-refractivity contribution >= 4 is 5.97 Å². The summed E-state index contributed by atoms with van der Waals surface area (Å²) in [5.74, 6) is 1.33. The van der Waals surface area contributed by atoms with E-state index in [0.717, 1.165) is 51.4 Å². The van der Waals surface area contributed by atoms with E-state index < -0.39 is 5.97 Å². The maximum Gasteiger partial charge on any atom is 0.303 e. The van der Waals surface area contributed by atoms with Crippen molar-refractivity contribution in [2.24, 2.45) is 46.3 Å². The molecule has 4 aliphatic rings. The van der Waals surface area contributed by atoms with Crippen LogP contribution in [0, 0.1) is 46.3 Å². The van der Waals surface area contributed by atoms with E-state index in [9.17, 15) is 20.1 Å². The van der Waals surface area contributed by atoms with Crippen molar-refractivity contribution in [3.05, 3.63) is 0 Å². The zero-order chi connectivity index (χ0) is 21.0. The summed E-state index contributed by atoms with van der Waals surface area (Å²) in [6, 6.07) is 0. The average Bonchev–Trinajstić information content (AvgIpc) is 3.01. The first-order valence-electron chi connectivity index (χ1n) is 11.9. The Balaban J connectivity index is 1.57. The van der Waals surface area contributed by atoms with Crippen LogP contribution in [0.15, 0.2) is 0 Å². The van der Waals surface area contributed by atoms with E-state index in [1.165, 1.54) is 0 Å². The normalized spacial score (nSPS) is 50.3. The Morgan fingerprint density at radius 2 is 1.69 bits per heavy atom. The Labute approximate surface area is 174 Å². The average molecular weight is 409 g/mol. The number of aliphatic hydroxyl groups is 3. The smallest absolute Gasteiger partial charge is 0.303 e. The third-order valence-corrected chi connectivity index (χ3v) is 10.3. The van der Waals surface area contributed by atoms with Crippen molar-refractivity contribution < 1.29 is 25.2 Å². The second-order valence-electron chi connectivity index (χ2n) is 11.3. The number of fused-ring (bicyclic) bond motifs is 5. The minimum absolute atomic E-state index is 0.0477. The van der Waals surface area contributed by atoms with Crippen LogP contribution in [0.2, 0.25) is 0 Å². The summed E-state index contributed by atoms with van der Waals surface area (Å²) < 4.78 is 0. The van der Waals surface area contributed by atoms with E-state index in [1.807, 2.05) is 0 Å². The summed E-state index contributed by atoms with van der Waals surface area (Å²) in [7, 11) is 0. The van der Waals surface area contributed by atoms with Gasteiger partial charge in [0.05, 0.1) is 12.2 Å². The standard InChI is InChI=1S/C24H40O5/c1-23-9-7-16(26)11-15(23)12-20(27)22-18-5-4-17(14(13-25)3-6-21(28)29)24(18,2)10-8-19(22)23/h14-20,22,25-27H,3-13H2,1-2H3,(H,28,29)/t14-,15-,16+,17+,18-,19-,20-,22-,23-,24+/m0/s1. The van der Waals surface area contributed by atoms with Gasteiger partial charge in [0.1, 0.15) is 0 Å². The summed E-state index contributed by atoms with van der Waals surface area (Å²) in [6.07, 6.45) is 8.14.